The van der Waals surface area contributed by atoms with Crippen LogP contribution in [-0.2, 0) is 10.5 Å². The van der Waals surface area contributed by atoms with Crippen LogP contribution in [0.4, 0.5) is 11.9 Å². The molecule has 1 heterocycles. The number of hydrogen-bond acceptors (Lipinski definition) is 7. The number of hydrogen-bond donors (Lipinski definition) is 2. The van der Waals surface area contributed by atoms with E-state index in [2.05, 4.69) is 27.2 Å². The highest BCUT2D eigenvalue weighted by atomic mass is 32.2. The van der Waals surface area contributed by atoms with Gasteiger partial charge in [-0.25, -0.2) is 0 Å². The van der Waals surface area contributed by atoms with Gasteiger partial charge in [-0.1, -0.05) is 19.8 Å². The van der Waals surface area contributed by atoms with Crippen molar-refractivity contribution >= 4 is 29.6 Å². The number of nitrogens with one attached hydrogen (secondary N) is 1. The summed E-state index contributed by atoms with van der Waals surface area (Å²) in [6.45, 7) is 2.22. The van der Waals surface area contributed by atoms with Crippen molar-refractivity contribution < 1.29 is 4.79 Å². The molecule has 0 aromatic carbocycles. The van der Waals surface area contributed by atoms with Crippen LogP contribution in [0.3, 0.4) is 0 Å². The van der Waals surface area contributed by atoms with E-state index in [-0.39, 0.29) is 11.9 Å². The van der Waals surface area contributed by atoms with Gasteiger partial charge in [-0.3, -0.25) is 4.79 Å². The van der Waals surface area contributed by atoms with Crippen LogP contribution >= 0.6 is 11.8 Å². The van der Waals surface area contributed by atoms with E-state index >= 15 is 0 Å². The average Bonchev–Trinajstić information content (AvgIpc) is 2.49. The molecule has 0 saturated heterocycles. The van der Waals surface area contributed by atoms with Crippen LogP contribution in [0.5, 0.6) is 0 Å². The summed E-state index contributed by atoms with van der Waals surface area (Å²) in [5.41, 5.74) is 5.69. The van der Waals surface area contributed by atoms with E-state index in [0.29, 0.717) is 35.2 Å². The monoisotopic (exact) mass is 338 g/mol. The maximum absolute atomic E-state index is 12.1. The summed E-state index contributed by atoms with van der Waals surface area (Å²) in [6.07, 6.45) is 4.78. The van der Waals surface area contributed by atoms with E-state index < -0.39 is 0 Å². The van der Waals surface area contributed by atoms with Crippen LogP contribution in [0.1, 0.15) is 38.4 Å². The van der Waals surface area contributed by atoms with Gasteiger partial charge in [0.05, 0.1) is 11.5 Å². The molecular formula is C15H26N6OS. The van der Waals surface area contributed by atoms with Crippen LogP contribution in [0.25, 0.3) is 0 Å². The Balaban J connectivity index is 1.79. The molecule has 8 heteroatoms. The molecule has 23 heavy (non-hydrogen) atoms. The van der Waals surface area contributed by atoms with Gasteiger partial charge in [0.15, 0.2) is 0 Å². The van der Waals surface area contributed by atoms with Crippen molar-refractivity contribution in [3.8, 4) is 0 Å². The molecule has 0 spiro atoms. The second-order valence-corrected chi connectivity index (χ2v) is 7.22. The fourth-order valence-electron chi connectivity index (χ4n) is 2.70. The third kappa shape index (κ3) is 5.53. The Morgan fingerprint density at radius 3 is 2.74 bits per heavy atom. The molecule has 1 saturated carbocycles. The lowest BCUT2D eigenvalue weighted by Gasteiger charge is -2.29. The van der Waals surface area contributed by atoms with Crippen molar-refractivity contribution in [2.45, 2.75) is 44.4 Å². The zero-order chi connectivity index (χ0) is 16.8. The van der Waals surface area contributed by atoms with E-state index in [1.165, 1.54) is 31.0 Å². The predicted octanol–water partition coefficient (Wildman–Crippen LogP) is 1.45. The Morgan fingerprint density at radius 2 is 2.04 bits per heavy atom. The first-order valence-electron chi connectivity index (χ1n) is 8.00. The molecular weight excluding hydrogens is 312 g/mol. The van der Waals surface area contributed by atoms with Crippen LogP contribution in [0.15, 0.2) is 0 Å². The Morgan fingerprint density at radius 1 is 1.30 bits per heavy atom. The summed E-state index contributed by atoms with van der Waals surface area (Å²) in [7, 11) is 3.70. The third-order valence-corrected chi connectivity index (χ3v) is 4.94. The van der Waals surface area contributed by atoms with Gasteiger partial charge < -0.3 is 16.0 Å². The highest BCUT2D eigenvalue weighted by Crippen LogP contribution is 2.23. The first-order valence-corrected chi connectivity index (χ1v) is 9.16. The van der Waals surface area contributed by atoms with E-state index in [0.717, 1.165) is 6.42 Å². The number of aromatic nitrogens is 3. The molecule has 1 amide bonds. The van der Waals surface area contributed by atoms with Crippen LogP contribution in [-0.4, -0.2) is 46.7 Å². The topological polar surface area (TPSA) is 97.0 Å². The lowest BCUT2D eigenvalue weighted by Crippen LogP contribution is -2.41. The highest BCUT2D eigenvalue weighted by molar-refractivity contribution is 7.99. The van der Waals surface area contributed by atoms with Crippen LogP contribution in [0.2, 0.25) is 0 Å². The molecule has 2 atom stereocenters. The first-order chi connectivity index (χ1) is 11.0. The van der Waals surface area contributed by atoms with E-state index in [1.807, 2.05) is 14.1 Å². The highest BCUT2D eigenvalue weighted by Gasteiger charge is 2.22. The van der Waals surface area contributed by atoms with Crippen molar-refractivity contribution in [1.29, 1.82) is 0 Å². The molecule has 0 bridgehead atoms. The Kier molecular flexibility index (Phi) is 6.44. The zero-order valence-corrected chi connectivity index (χ0v) is 14.9. The minimum absolute atomic E-state index is 0.0867. The molecule has 1 aromatic rings. The largest absolute Gasteiger partial charge is 0.368 e. The standard InChI is InChI=1S/C15H26N6OS/c1-10-6-4-5-7-11(10)17-13(22)9-23-8-12-18-14(16)20-15(19-12)21(2)3/h10-11H,4-9H2,1-3H3,(H,17,22)(H2,16,18,19,20). The van der Waals surface area contributed by atoms with Gasteiger partial charge in [-0.15, -0.1) is 11.8 Å². The van der Waals surface area contributed by atoms with E-state index in [9.17, 15) is 4.79 Å². The van der Waals surface area contributed by atoms with Crippen molar-refractivity contribution in [1.82, 2.24) is 20.3 Å². The number of anilines is 2. The second-order valence-electron chi connectivity index (χ2n) is 6.23. The molecule has 7 nitrogen and oxygen atoms in total. The minimum Gasteiger partial charge on any atom is -0.368 e. The molecule has 1 aromatic heterocycles. The molecule has 128 valence electrons. The van der Waals surface area contributed by atoms with Gasteiger partial charge in [-0.2, -0.15) is 15.0 Å². The maximum Gasteiger partial charge on any atom is 0.230 e. The molecule has 0 radical (unpaired) electrons. The second kappa shape index (κ2) is 8.33. The van der Waals surface area contributed by atoms with Crippen molar-refractivity contribution in [3.63, 3.8) is 0 Å². The predicted molar refractivity (Wildman–Crippen MR) is 94.3 cm³/mol. The third-order valence-electron chi connectivity index (χ3n) is 4.01. The summed E-state index contributed by atoms with van der Waals surface area (Å²) in [6, 6.07) is 0.324. The summed E-state index contributed by atoms with van der Waals surface area (Å²) in [5.74, 6) is 2.96. The lowest BCUT2D eigenvalue weighted by atomic mass is 9.86. The van der Waals surface area contributed by atoms with E-state index in [4.69, 9.17) is 5.73 Å². The normalized spacial score (nSPS) is 21.0. The van der Waals surface area contributed by atoms with Crippen molar-refractivity contribution in [3.05, 3.63) is 5.82 Å². The lowest BCUT2D eigenvalue weighted by molar-refractivity contribution is -0.119. The molecule has 0 aliphatic heterocycles. The number of carbonyl (C=O) groups is 1. The van der Waals surface area contributed by atoms with Crippen molar-refractivity contribution in [2.75, 3.05) is 30.5 Å². The Labute approximate surface area is 141 Å². The van der Waals surface area contributed by atoms with E-state index in [1.54, 1.807) is 4.90 Å². The SMILES string of the molecule is CC1CCCCC1NC(=O)CSCc1nc(N)nc(N(C)C)n1. The number of thioether (sulfide) groups is 1. The van der Waals surface area contributed by atoms with Crippen molar-refractivity contribution in [2.24, 2.45) is 5.92 Å². The number of carbonyl (C=O) groups excluding carboxylic acids is 1. The molecule has 1 fully saturated rings. The molecule has 3 N–H and O–H groups in total. The fraction of sp³-hybridized carbons (Fsp3) is 0.733. The van der Waals surface area contributed by atoms with Gasteiger partial charge in [-0.05, 0) is 18.8 Å². The molecule has 2 rings (SSSR count). The molecule has 1 aliphatic carbocycles. The Hall–Kier alpha value is -1.57. The summed E-state index contributed by atoms with van der Waals surface area (Å²) >= 11 is 1.49. The number of rotatable bonds is 6. The molecule has 1 aliphatic rings. The zero-order valence-electron chi connectivity index (χ0n) is 14.1. The number of amides is 1. The van der Waals surface area contributed by atoms with Gasteiger partial charge >= 0.3 is 0 Å². The summed E-state index contributed by atoms with van der Waals surface area (Å²) in [5, 5.41) is 3.15. The fourth-order valence-corrected chi connectivity index (χ4v) is 3.39. The smallest absolute Gasteiger partial charge is 0.230 e. The van der Waals surface area contributed by atoms with Gasteiger partial charge in [0.25, 0.3) is 0 Å². The van der Waals surface area contributed by atoms with Gasteiger partial charge in [0.1, 0.15) is 5.82 Å². The number of nitrogens with zero attached hydrogens (tertiary/aromatic N) is 4. The number of nitrogens with two attached hydrogens (primary N) is 1. The quantitative estimate of drug-likeness (QED) is 0.810. The van der Waals surface area contributed by atoms with Crippen LogP contribution < -0.4 is 16.0 Å². The van der Waals surface area contributed by atoms with Gasteiger partial charge in [0, 0.05) is 20.1 Å². The maximum atomic E-state index is 12.1. The molecule has 2 unspecified atom stereocenters. The first kappa shape index (κ1) is 17.8. The van der Waals surface area contributed by atoms with Gasteiger partial charge in [0.2, 0.25) is 17.8 Å². The van der Waals surface area contributed by atoms with Crippen LogP contribution in [0, 0.1) is 5.92 Å². The minimum atomic E-state index is 0.0867. The average molecular weight is 338 g/mol. The number of nitrogen functional groups attached to an aromatic ring is 1. The summed E-state index contributed by atoms with van der Waals surface area (Å²) in [4.78, 5) is 26.4. The summed E-state index contributed by atoms with van der Waals surface area (Å²) < 4.78 is 0. The Bertz CT molecular complexity index is 539.